The van der Waals surface area contributed by atoms with Gasteiger partial charge < -0.3 is 4.74 Å². The molecule has 0 aliphatic carbocycles. The SMILES string of the molecule is CC1(C)CC(C#N)=C(N=P(c2ccccc2)(c2ccccc2)c2ccccc2)O1. The van der Waals surface area contributed by atoms with Crippen molar-refractivity contribution in [1.29, 1.82) is 5.26 Å². The fourth-order valence-corrected chi connectivity index (χ4v) is 7.20. The standard InChI is InChI=1S/C25H23N2OP/c1-25(2)18-20(19-26)24(28-25)27-29(21-12-6-3-7-13-21,22-14-8-4-9-15-22)23-16-10-5-11-17-23/h3-17H,18H2,1-2H3. The van der Waals surface area contributed by atoms with Gasteiger partial charge in [0.15, 0.2) is 0 Å². The van der Waals surface area contributed by atoms with E-state index in [1.54, 1.807) is 0 Å². The number of benzene rings is 3. The van der Waals surface area contributed by atoms with Crippen molar-refractivity contribution in [2.45, 2.75) is 25.9 Å². The van der Waals surface area contributed by atoms with Crippen molar-refractivity contribution in [1.82, 2.24) is 0 Å². The van der Waals surface area contributed by atoms with Gasteiger partial charge in [0.2, 0.25) is 5.88 Å². The molecule has 0 spiro atoms. The Hall–Kier alpha value is -3.08. The third-order valence-corrected chi connectivity index (χ3v) is 8.62. The minimum Gasteiger partial charge on any atom is -0.471 e. The topological polar surface area (TPSA) is 45.4 Å². The normalized spacial score (nSPS) is 15.5. The number of rotatable bonds is 4. The molecule has 1 aliphatic rings. The molecular formula is C25H23N2OP. The van der Waals surface area contributed by atoms with E-state index in [0.717, 1.165) is 15.9 Å². The Labute approximate surface area is 172 Å². The molecule has 144 valence electrons. The van der Waals surface area contributed by atoms with Gasteiger partial charge in [-0.3, -0.25) is 0 Å². The molecule has 0 fully saturated rings. The van der Waals surface area contributed by atoms with Gasteiger partial charge in [-0.15, -0.1) is 0 Å². The Morgan fingerprint density at radius 1 is 0.793 bits per heavy atom. The Morgan fingerprint density at radius 2 is 1.21 bits per heavy atom. The third-order valence-electron chi connectivity index (χ3n) is 5.00. The highest BCUT2D eigenvalue weighted by Gasteiger charge is 2.36. The Morgan fingerprint density at radius 3 is 1.59 bits per heavy atom. The van der Waals surface area contributed by atoms with Crippen LogP contribution in [0.2, 0.25) is 0 Å². The molecule has 4 rings (SSSR count). The van der Waals surface area contributed by atoms with E-state index in [0.29, 0.717) is 17.9 Å². The van der Waals surface area contributed by atoms with Crippen LogP contribution in [0.4, 0.5) is 0 Å². The lowest BCUT2D eigenvalue weighted by Crippen LogP contribution is -2.25. The summed E-state index contributed by atoms with van der Waals surface area (Å²) < 4.78 is 11.5. The smallest absolute Gasteiger partial charge is 0.227 e. The zero-order chi connectivity index (χ0) is 20.3. The summed E-state index contributed by atoms with van der Waals surface area (Å²) in [5.74, 6) is 0.474. The van der Waals surface area contributed by atoms with Crippen molar-refractivity contribution in [3.63, 3.8) is 0 Å². The predicted octanol–water partition coefficient (Wildman–Crippen LogP) is 5.10. The number of hydrogen-bond donors (Lipinski definition) is 0. The molecule has 0 unspecified atom stereocenters. The molecule has 0 saturated carbocycles. The van der Waals surface area contributed by atoms with Crippen LogP contribution in [0.15, 0.2) is 107 Å². The van der Waals surface area contributed by atoms with Crippen LogP contribution in [-0.4, -0.2) is 5.60 Å². The number of nitriles is 1. The van der Waals surface area contributed by atoms with Crippen molar-refractivity contribution >= 4 is 23.0 Å². The molecule has 0 N–H and O–H groups in total. The molecule has 0 radical (unpaired) electrons. The summed E-state index contributed by atoms with van der Waals surface area (Å²) in [6, 6.07) is 33.4. The van der Waals surface area contributed by atoms with E-state index in [2.05, 4.69) is 42.5 Å². The van der Waals surface area contributed by atoms with Crippen LogP contribution in [0.25, 0.3) is 0 Å². The number of nitrogens with zero attached hydrogens (tertiary/aromatic N) is 2. The van der Waals surface area contributed by atoms with E-state index < -0.39 is 12.7 Å². The Kier molecular flexibility index (Phi) is 5.14. The summed E-state index contributed by atoms with van der Waals surface area (Å²) in [5, 5.41) is 13.1. The van der Waals surface area contributed by atoms with Crippen molar-refractivity contribution in [3.8, 4) is 6.07 Å². The summed E-state index contributed by atoms with van der Waals surface area (Å²) in [6.45, 7) is 4.00. The largest absolute Gasteiger partial charge is 0.471 e. The second-order valence-electron chi connectivity index (χ2n) is 7.68. The number of ether oxygens (including phenoxy) is 1. The second-order valence-corrected chi connectivity index (χ2v) is 10.7. The van der Waals surface area contributed by atoms with E-state index in [1.165, 1.54) is 0 Å². The molecule has 0 amide bonds. The van der Waals surface area contributed by atoms with Crippen molar-refractivity contribution in [2.24, 2.45) is 4.74 Å². The fourth-order valence-electron chi connectivity index (χ4n) is 3.72. The first-order valence-corrected chi connectivity index (χ1v) is 11.4. The first kappa shape index (κ1) is 19.2. The predicted molar refractivity (Wildman–Crippen MR) is 120 cm³/mol. The molecule has 1 aliphatic heterocycles. The van der Waals surface area contributed by atoms with Crippen LogP contribution in [-0.2, 0) is 4.74 Å². The molecule has 29 heavy (non-hydrogen) atoms. The molecule has 0 aromatic heterocycles. The molecule has 0 atom stereocenters. The molecule has 1 heterocycles. The van der Waals surface area contributed by atoms with Gasteiger partial charge in [0.25, 0.3) is 0 Å². The average molecular weight is 398 g/mol. The van der Waals surface area contributed by atoms with E-state index in [4.69, 9.17) is 9.48 Å². The molecule has 3 aromatic rings. The highest BCUT2D eigenvalue weighted by atomic mass is 31.2. The van der Waals surface area contributed by atoms with Gasteiger partial charge in [-0.05, 0) is 13.8 Å². The summed E-state index contributed by atoms with van der Waals surface area (Å²) in [5.41, 5.74) is 0.186. The van der Waals surface area contributed by atoms with Crippen molar-refractivity contribution in [2.75, 3.05) is 0 Å². The zero-order valence-electron chi connectivity index (χ0n) is 16.6. The van der Waals surface area contributed by atoms with Crippen LogP contribution in [0.5, 0.6) is 0 Å². The fraction of sp³-hybridized carbons (Fsp3) is 0.160. The van der Waals surface area contributed by atoms with Gasteiger partial charge in [0.1, 0.15) is 11.7 Å². The molecule has 0 bridgehead atoms. The summed E-state index contributed by atoms with van der Waals surface area (Å²) in [6.07, 6.45) is 0.570. The molecule has 3 nitrogen and oxygen atoms in total. The monoisotopic (exact) mass is 398 g/mol. The average Bonchev–Trinajstić information content (AvgIpc) is 3.07. The van der Waals surface area contributed by atoms with Gasteiger partial charge in [0.05, 0.1) is 12.6 Å². The summed E-state index contributed by atoms with van der Waals surface area (Å²) in [4.78, 5) is 0. The lowest BCUT2D eigenvalue weighted by atomic mass is 10.0. The van der Waals surface area contributed by atoms with Crippen LogP contribution >= 0.6 is 7.05 Å². The van der Waals surface area contributed by atoms with Crippen LogP contribution < -0.4 is 15.9 Å². The second kappa shape index (κ2) is 7.74. The highest BCUT2D eigenvalue weighted by molar-refractivity contribution is 7.87. The molecule has 0 saturated heterocycles. The maximum absolute atomic E-state index is 9.74. The van der Waals surface area contributed by atoms with Crippen LogP contribution in [0, 0.1) is 11.3 Å². The molecular weight excluding hydrogens is 375 g/mol. The Bertz CT molecular complexity index is 1020. The quantitative estimate of drug-likeness (QED) is 0.574. The van der Waals surface area contributed by atoms with Gasteiger partial charge in [-0.1, -0.05) is 91.0 Å². The highest BCUT2D eigenvalue weighted by Crippen LogP contribution is 2.50. The van der Waals surface area contributed by atoms with E-state index >= 15 is 0 Å². The summed E-state index contributed by atoms with van der Waals surface area (Å²) in [7, 11) is -2.42. The molecule has 4 heteroatoms. The minimum absolute atomic E-state index is 0.427. The number of hydrogen-bond acceptors (Lipinski definition) is 3. The maximum Gasteiger partial charge on any atom is 0.227 e. The third kappa shape index (κ3) is 3.65. The first-order chi connectivity index (χ1) is 14.0. The van der Waals surface area contributed by atoms with Crippen molar-refractivity contribution in [3.05, 3.63) is 102 Å². The van der Waals surface area contributed by atoms with Gasteiger partial charge >= 0.3 is 0 Å². The van der Waals surface area contributed by atoms with Crippen molar-refractivity contribution < 1.29 is 4.74 Å². The summed E-state index contributed by atoms with van der Waals surface area (Å²) >= 11 is 0. The van der Waals surface area contributed by atoms with Gasteiger partial charge in [-0.25, -0.2) is 4.74 Å². The van der Waals surface area contributed by atoms with E-state index in [9.17, 15) is 5.26 Å². The van der Waals surface area contributed by atoms with E-state index in [-0.39, 0.29) is 0 Å². The van der Waals surface area contributed by atoms with E-state index in [1.807, 2.05) is 68.4 Å². The first-order valence-electron chi connectivity index (χ1n) is 9.67. The van der Waals surface area contributed by atoms with Gasteiger partial charge in [-0.2, -0.15) is 5.26 Å². The minimum atomic E-state index is -2.42. The lowest BCUT2D eigenvalue weighted by molar-refractivity contribution is 0.0610. The Balaban J connectivity index is 2.11. The lowest BCUT2D eigenvalue weighted by Gasteiger charge is -2.27. The van der Waals surface area contributed by atoms with Gasteiger partial charge in [0, 0.05) is 22.3 Å². The zero-order valence-corrected chi connectivity index (χ0v) is 17.5. The maximum atomic E-state index is 9.74. The van der Waals surface area contributed by atoms with Crippen LogP contribution in [0.1, 0.15) is 20.3 Å². The molecule has 3 aromatic carbocycles. The van der Waals surface area contributed by atoms with Crippen LogP contribution in [0.3, 0.4) is 0 Å².